The molecule has 0 unspecified atom stereocenters. The second kappa shape index (κ2) is 7.24. The predicted octanol–water partition coefficient (Wildman–Crippen LogP) is 7.15. The number of fused-ring (bicyclic) bond motifs is 4. The number of hydrogen-bond acceptors (Lipinski definition) is 3. The van der Waals surface area contributed by atoms with Crippen LogP contribution in [0.2, 0.25) is 0 Å². The Bertz CT molecular complexity index is 1330. The van der Waals surface area contributed by atoms with Crippen molar-refractivity contribution in [3.05, 3.63) is 112 Å². The maximum Gasteiger partial charge on any atom is 0.213 e. The quantitative estimate of drug-likeness (QED) is 0.311. The van der Waals surface area contributed by atoms with E-state index in [0.29, 0.717) is 0 Å². The second-order valence-corrected chi connectivity index (χ2v) is 9.19. The third-order valence-electron chi connectivity index (χ3n) is 6.20. The maximum atomic E-state index is 6.48. The van der Waals surface area contributed by atoms with Gasteiger partial charge in [-0.15, -0.1) is 0 Å². The lowest BCUT2D eigenvalue weighted by atomic mass is 9.95. The van der Waals surface area contributed by atoms with Gasteiger partial charge < -0.3 is 4.74 Å². The van der Waals surface area contributed by atoms with Crippen LogP contribution in [-0.2, 0) is 0 Å². The minimum Gasteiger partial charge on any atom is -0.464 e. The fourth-order valence-electron chi connectivity index (χ4n) is 4.55. The molecule has 0 amide bonds. The van der Waals surface area contributed by atoms with E-state index in [1.165, 1.54) is 27.5 Å². The number of benzene rings is 4. The van der Waals surface area contributed by atoms with Gasteiger partial charge in [0.15, 0.2) is 0 Å². The average molecular weight is 469 g/mol. The van der Waals surface area contributed by atoms with Crippen LogP contribution in [0.3, 0.4) is 0 Å². The molecular formula is C27H21BrN2O. The van der Waals surface area contributed by atoms with Gasteiger partial charge in [0, 0.05) is 22.0 Å². The smallest absolute Gasteiger partial charge is 0.213 e. The third-order valence-corrected chi connectivity index (χ3v) is 6.69. The molecule has 4 aromatic rings. The number of nitrogens with zero attached hydrogens (tertiary/aromatic N) is 2. The van der Waals surface area contributed by atoms with Crippen molar-refractivity contribution in [2.45, 2.75) is 25.6 Å². The number of aryl methyl sites for hydroxylation is 1. The highest BCUT2D eigenvalue weighted by molar-refractivity contribution is 9.10. The standard InChI is InChI=1S/C27H21BrN2O/c1-17-6-8-19(9-7-17)27-30-25(23-15-22(28)12-13-26(23)31-27)16-24(29-30)21-11-10-18-4-2-3-5-20(18)14-21/h2-15,25,27H,16H2,1H3/t25-,27-/m0/s1. The number of halogens is 1. The number of ether oxygens (including phenoxy) is 1. The first kappa shape index (κ1) is 18.6. The number of rotatable bonds is 2. The lowest BCUT2D eigenvalue weighted by molar-refractivity contribution is -0.0190. The maximum absolute atomic E-state index is 6.48. The monoisotopic (exact) mass is 468 g/mol. The highest BCUT2D eigenvalue weighted by atomic mass is 79.9. The van der Waals surface area contributed by atoms with Gasteiger partial charge in [0.05, 0.1) is 11.8 Å². The van der Waals surface area contributed by atoms with Gasteiger partial charge in [0.1, 0.15) is 5.75 Å². The van der Waals surface area contributed by atoms with E-state index >= 15 is 0 Å². The van der Waals surface area contributed by atoms with E-state index in [2.05, 4.69) is 107 Å². The molecule has 2 heterocycles. The Hall–Kier alpha value is -3.11. The van der Waals surface area contributed by atoms with E-state index in [0.717, 1.165) is 27.9 Å². The Morgan fingerprint density at radius 2 is 1.71 bits per heavy atom. The fourth-order valence-corrected chi connectivity index (χ4v) is 4.93. The van der Waals surface area contributed by atoms with E-state index in [1.54, 1.807) is 0 Å². The molecule has 2 aliphatic heterocycles. The Morgan fingerprint density at radius 3 is 2.55 bits per heavy atom. The minimum absolute atomic E-state index is 0.147. The molecule has 4 aromatic carbocycles. The first-order chi connectivity index (χ1) is 15.2. The van der Waals surface area contributed by atoms with Crippen LogP contribution < -0.4 is 4.74 Å². The van der Waals surface area contributed by atoms with Crippen molar-refractivity contribution in [3.8, 4) is 5.75 Å². The van der Waals surface area contributed by atoms with Crippen LogP contribution >= 0.6 is 15.9 Å². The largest absolute Gasteiger partial charge is 0.464 e. The average Bonchev–Trinajstić information content (AvgIpc) is 3.25. The van der Waals surface area contributed by atoms with Gasteiger partial charge in [0.25, 0.3) is 0 Å². The normalized spacial score (nSPS) is 19.5. The summed E-state index contributed by atoms with van der Waals surface area (Å²) in [7, 11) is 0. The molecule has 31 heavy (non-hydrogen) atoms. The lowest BCUT2D eigenvalue weighted by Crippen LogP contribution is -2.33. The molecular weight excluding hydrogens is 448 g/mol. The van der Waals surface area contributed by atoms with Crippen LogP contribution in [-0.4, -0.2) is 10.7 Å². The summed E-state index contributed by atoms with van der Waals surface area (Å²) in [6.07, 6.45) is 0.616. The van der Waals surface area contributed by atoms with Crippen LogP contribution in [0.25, 0.3) is 10.8 Å². The SMILES string of the molecule is Cc1ccc([C@@H]2Oc3ccc(Br)cc3[C@@H]3CC(c4ccc5ccccc5c4)=NN32)cc1. The molecule has 0 saturated heterocycles. The highest BCUT2D eigenvalue weighted by Gasteiger charge is 2.41. The molecule has 0 saturated carbocycles. The van der Waals surface area contributed by atoms with Gasteiger partial charge in [-0.2, -0.15) is 5.10 Å². The van der Waals surface area contributed by atoms with Crippen LogP contribution in [0.1, 0.15) is 40.9 Å². The summed E-state index contributed by atoms with van der Waals surface area (Å²) < 4.78 is 7.54. The van der Waals surface area contributed by atoms with Crippen molar-refractivity contribution < 1.29 is 4.74 Å². The zero-order chi connectivity index (χ0) is 20.9. The fraction of sp³-hybridized carbons (Fsp3) is 0.148. The molecule has 0 fully saturated rings. The van der Waals surface area contributed by atoms with Crippen molar-refractivity contribution in [2.24, 2.45) is 5.10 Å². The van der Waals surface area contributed by atoms with Crippen LogP contribution in [0, 0.1) is 6.92 Å². The van der Waals surface area contributed by atoms with Gasteiger partial charge >= 0.3 is 0 Å². The van der Waals surface area contributed by atoms with Crippen molar-refractivity contribution in [1.29, 1.82) is 0 Å². The molecule has 0 bridgehead atoms. The van der Waals surface area contributed by atoms with E-state index < -0.39 is 0 Å². The molecule has 152 valence electrons. The van der Waals surface area contributed by atoms with Crippen LogP contribution in [0.15, 0.2) is 94.5 Å². The van der Waals surface area contributed by atoms with Crippen molar-refractivity contribution >= 4 is 32.4 Å². The Labute approximate surface area is 190 Å². The predicted molar refractivity (Wildman–Crippen MR) is 128 cm³/mol. The van der Waals surface area contributed by atoms with Crippen molar-refractivity contribution in [1.82, 2.24) is 5.01 Å². The van der Waals surface area contributed by atoms with Crippen LogP contribution in [0.5, 0.6) is 5.75 Å². The Morgan fingerprint density at radius 1 is 0.903 bits per heavy atom. The molecule has 2 atom stereocenters. The Kier molecular flexibility index (Phi) is 4.35. The molecule has 6 rings (SSSR count). The van der Waals surface area contributed by atoms with E-state index in [9.17, 15) is 0 Å². The molecule has 2 aliphatic rings. The molecule has 0 radical (unpaired) electrons. The lowest BCUT2D eigenvalue weighted by Gasteiger charge is -2.38. The van der Waals surface area contributed by atoms with Gasteiger partial charge in [-0.3, -0.25) is 0 Å². The van der Waals surface area contributed by atoms with Gasteiger partial charge in [-0.25, -0.2) is 5.01 Å². The van der Waals surface area contributed by atoms with Crippen molar-refractivity contribution in [2.75, 3.05) is 0 Å². The summed E-state index contributed by atoms with van der Waals surface area (Å²) in [6.45, 7) is 2.10. The van der Waals surface area contributed by atoms with E-state index in [4.69, 9.17) is 9.84 Å². The van der Waals surface area contributed by atoms with E-state index in [1.807, 2.05) is 6.07 Å². The van der Waals surface area contributed by atoms with Gasteiger partial charge in [0.2, 0.25) is 6.23 Å². The van der Waals surface area contributed by atoms with Crippen molar-refractivity contribution in [3.63, 3.8) is 0 Å². The number of hydrazone groups is 1. The molecule has 0 spiro atoms. The molecule has 0 aliphatic carbocycles. The molecule has 0 aromatic heterocycles. The first-order valence-corrected chi connectivity index (χ1v) is 11.3. The topological polar surface area (TPSA) is 24.8 Å². The minimum atomic E-state index is -0.239. The summed E-state index contributed by atoms with van der Waals surface area (Å²) >= 11 is 3.63. The molecule has 0 N–H and O–H groups in total. The van der Waals surface area contributed by atoms with Gasteiger partial charge in [-0.1, -0.05) is 82.2 Å². The Balaban J connectivity index is 1.45. The van der Waals surface area contributed by atoms with E-state index in [-0.39, 0.29) is 12.3 Å². The second-order valence-electron chi connectivity index (χ2n) is 8.27. The summed E-state index contributed by atoms with van der Waals surface area (Å²) in [6, 6.07) is 30.0. The zero-order valence-electron chi connectivity index (χ0n) is 17.1. The van der Waals surface area contributed by atoms with Crippen LogP contribution in [0.4, 0.5) is 0 Å². The summed E-state index contributed by atoms with van der Waals surface area (Å²) in [5, 5.41) is 9.73. The highest BCUT2D eigenvalue weighted by Crippen LogP contribution is 2.48. The number of hydrogen-bond donors (Lipinski definition) is 0. The molecule has 3 nitrogen and oxygen atoms in total. The third kappa shape index (κ3) is 3.22. The molecule has 4 heteroatoms. The summed E-state index contributed by atoms with van der Waals surface area (Å²) in [4.78, 5) is 0. The van der Waals surface area contributed by atoms with Gasteiger partial charge in [-0.05, 0) is 47.5 Å². The first-order valence-electron chi connectivity index (χ1n) is 10.5. The summed E-state index contributed by atoms with van der Waals surface area (Å²) in [5.74, 6) is 0.935. The zero-order valence-corrected chi connectivity index (χ0v) is 18.7. The summed E-state index contributed by atoms with van der Waals surface area (Å²) in [5.41, 5.74) is 5.81.